The van der Waals surface area contributed by atoms with Crippen molar-refractivity contribution in [3.8, 4) is 0 Å². The van der Waals surface area contributed by atoms with Crippen LogP contribution in [0.5, 0.6) is 0 Å². The lowest BCUT2D eigenvalue weighted by Gasteiger charge is -2.36. The first kappa shape index (κ1) is 18.5. The number of nitrogens with one attached hydrogen (secondary N) is 1. The first-order valence-corrected chi connectivity index (χ1v) is 8.84. The molecule has 0 unspecified atom stereocenters. The molecule has 24 heavy (non-hydrogen) atoms. The molecule has 2 rings (SSSR count). The van der Waals surface area contributed by atoms with Gasteiger partial charge in [-0.15, -0.1) is 0 Å². The van der Waals surface area contributed by atoms with Gasteiger partial charge in [-0.05, 0) is 50.4 Å². The third-order valence-electron chi connectivity index (χ3n) is 4.72. The highest BCUT2D eigenvalue weighted by Crippen LogP contribution is 2.19. The molecule has 1 aliphatic heterocycles. The van der Waals surface area contributed by atoms with Crippen LogP contribution in [0.4, 0.5) is 0 Å². The van der Waals surface area contributed by atoms with E-state index in [0.717, 1.165) is 31.4 Å². The number of carbonyl (C=O) groups is 2. The normalized spacial score (nSPS) is 17.8. The summed E-state index contributed by atoms with van der Waals surface area (Å²) in [4.78, 5) is 28.2. The second-order valence-electron chi connectivity index (χ2n) is 6.59. The largest absolute Gasteiger partial charge is 0.355 e. The molecule has 1 N–H and O–H groups in total. The number of hydrogen-bond acceptors (Lipinski definition) is 3. The van der Waals surface area contributed by atoms with E-state index in [1.165, 1.54) is 6.42 Å². The first-order valence-electron chi connectivity index (χ1n) is 8.84. The maximum Gasteiger partial charge on any atom is 0.251 e. The zero-order valence-corrected chi connectivity index (χ0v) is 15.0. The van der Waals surface area contributed by atoms with Gasteiger partial charge in [0.05, 0.1) is 6.54 Å². The molecule has 1 aliphatic rings. The molecule has 5 nitrogen and oxygen atoms in total. The van der Waals surface area contributed by atoms with Gasteiger partial charge < -0.3 is 10.2 Å². The minimum atomic E-state index is -0.0826. The summed E-state index contributed by atoms with van der Waals surface area (Å²) in [5.41, 5.74) is 1.75. The van der Waals surface area contributed by atoms with Gasteiger partial charge in [0.15, 0.2) is 0 Å². The van der Waals surface area contributed by atoms with E-state index in [4.69, 9.17) is 0 Å². The lowest BCUT2D eigenvalue weighted by molar-refractivity contribution is -0.136. The smallest absolute Gasteiger partial charge is 0.251 e. The van der Waals surface area contributed by atoms with E-state index >= 15 is 0 Å². The maximum absolute atomic E-state index is 12.6. The predicted molar refractivity (Wildman–Crippen MR) is 95.8 cm³/mol. The third-order valence-corrected chi connectivity index (χ3v) is 4.72. The molecular formula is C19H29N3O2. The lowest BCUT2D eigenvalue weighted by Crippen LogP contribution is -2.47. The number of likely N-dealkylation sites (tertiary alicyclic amines) is 1. The summed E-state index contributed by atoms with van der Waals surface area (Å²) < 4.78 is 0. The second kappa shape index (κ2) is 8.83. The van der Waals surface area contributed by atoms with Gasteiger partial charge in [0.2, 0.25) is 5.91 Å². The quantitative estimate of drug-likeness (QED) is 0.870. The number of amides is 2. The number of rotatable bonds is 6. The molecule has 0 aliphatic carbocycles. The Kier molecular flexibility index (Phi) is 6.79. The maximum atomic E-state index is 12.6. The summed E-state index contributed by atoms with van der Waals surface area (Å²) >= 11 is 0. The molecule has 2 amide bonds. The fraction of sp³-hybridized carbons (Fsp3) is 0.579. The molecule has 1 fully saturated rings. The van der Waals surface area contributed by atoms with Gasteiger partial charge in [-0.25, -0.2) is 0 Å². The van der Waals surface area contributed by atoms with Gasteiger partial charge in [0, 0.05) is 31.7 Å². The molecule has 0 radical (unpaired) electrons. The standard InChI is InChI=1S/C19H29N3O2/c1-4-17-7-5-6-12-22(17)18(23)14-21(3)13-15-8-10-16(11-9-15)19(24)20-2/h8-11,17H,4-7,12-14H2,1-3H3,(H,20,24)/t17-/m1/s1. The van der Waals surface area contributed by atoms with Crippen LogP contribution < -0.4 is 5.32 Å². The summed E-state index contributed by atoms with van der Waals surface area (Å²) in [6.45, 7) is 4.19. The van der Waals surface area contributed by atoms with E-state index in [0.29, 0.717) is 24.7 Å². The SMILES string of the molecule is CC[C@@H]1CCCCN1C(=O)CN(C)Cc1ccc(C(=O)NC)cc1. The summed E-state index contributed by atoms with van der Waals surface area (Å²) in [5, 5.41) is 2.61. The van der Waals surface area contributed by atoms with E-state index < -0.39 is 0 Å². The molecule has 0 saturated carbocycles. The fourth-order valence-electron chi connectivity index (χ4n) is 3.35. The Morgan fingerprint density at radius 3 is 2.58 bits per heavy atom. The predicted octanol–water partition coefficient (Wildman–Crippen LogP) is 2.27. The van der Waals surface area contributed by atoms with E-state index in [9.17, 15) is 9.59 Å². The third kappa shape index (κ3) is 4.81. The molecule has 1 heterocycles. The van der Waals surface area contributed by atoms with Crippen molar-refractivity contribution in [2.24, 2.45) is 0 Å². The molecule has 5 heteroatoms. The number of nitrogens with zero attached hydrogens (tertiary/aromatic N) is 2. The van der Waals surface area contributed by atoms with Crippen molar-refractivity contribution < 1.29 is 9.59 Å². The van der Waals surface area contributed by atoms with Crippen molar-refractivity contribution >= 4 is 11.8 Å². The van der Waals surface area contributed by atoms with E-state index in [2.05, 4.69) is 17.1 Å². The number of likely N-dealkylation sites (N-methyl/N-ethyl adjacent to an activating group) is 1. The highest BCUT2D eigenvalue weighted by molar-refractivity contribution is 5.93. The number of piperidine rings is 1. The summed E-state index contributed by atoms with van der Waals surface area (Å²) in [6, 6.07) is 7.94. The summed E-state index contributed by atoms with van der Waals surface area (Å²) in [7, 11) is 3.59. The number of hydrogen-bond donors (Lipinski definition) is 1. The van der Waals surface area contributed by atoms with Gasteiger partial charge in [0.1, 0.15) is 0 Å². The molecule has 0 aromatic heterocycles. The van der Waals surface area contributed by atoms with Crippen LogP contribution in [0.25, 0.3) is 0 Å². The Labute approximate surface area is 145 Å². The molecule has 132 valence electrons. The van der Waals surface area contributed by atoms with Crippen LogP contribution in [-0.4, -0.2) is 54.8 Å². The van der Waals surface area contributed by atoms with Crippen molar-refractivity contribution in [3.05, 3.63) is 35.4 Å². The second-order valence-corrected chi connectivity index (χ2v) is 6.59. The molecule has 0 bridgehead atoms. The molecular weight excluding hydrogens is 302 g/mol. The van der Waals surface area contributed by atoms with Crippen LogP contribution in [0.2, 0.25) is 0 Å². The van der Waals surface area contributed by atoms with Crippen molar-refractivity contribution in [2.75, 3.05) is 27.2 Å². The minimum Gasteiger partial charge on any atom is -0.355 e. The van der Waals surface area contributed by atoms with Gasteiger partial charge in [-0.3, -0.25) is 14.5 Å². The monoisotopic (exact) mass is 331 g/mol. The Balaban J connectivity index is 1.89. The Morgan fingerprint density at radius 2 is 1.96 bits per heavy atom. The molecule has 1 saturated heterocycles. The first-order chi connectivity index (χ1) is 11.5. The van der Waals surface area contributed by atoms with Crippen molar-refractivity contribution in [1.29, 1.82) is 0 Å². The molecule has 0 spiro atoms. The van der Waals surface area contributed by atoms with Gasteiger partial charge in [-0.1, -0.05) is 19.1 Å². The van der Waals surface area contributed by atoms with Crippen LogP contribution in [0.1, 0.15) is 48.5 Å². The van der Waals surface area contributed by atoms with Gasteiger partial charge in [0.25, 0.3) is 5.91 Å². The van der Waals surface area contributed by atoms with E-state index in [-0.39, 0.29) is 11.8 Å². The average molecular weight is 331 g/mol. The Hall–Kier alpha value is -1.88. The summed E-state index contributed by atoms with van der Waals surface area (Å²) in [5.74, 6) is 0.145. The van der Waals surface area contributed by atoms with Crippen LogP contribution >= 0.6 is 0 Å². The van der Waals surface area contributed by atoms with Crippen LogP contribution in [-0.2, 0) is 11.3 Å². The number of benzene rings is 1. The molecule has 1 atom stereocenters. The van der Waals surface area contributed by atoms with Gasteiger partial charge in [-0.2, -0.15) is 0 Å². The highest BCUT2D eigenvalue weighted by Gasteiger charge is 2.25. The molecule has 1 aromatic rings. The lowest BCUT2D eigenvalue weighted by atomic mass is 10.00. The van der Waals surface area contributed by atoms with Crippen LogP contribution in [0, 0.1) is 0 Å². The highest BCUT2D eigenvalue weighted by atomic mass is 16.2. The summed E-state index contributed by atoms with van der Waals surface area (Å²) in [6.07, 6.45) is 4.52. The number of carbonyl (C=O) groups excluding carboxylic acids is 2. The minimum absolute atomic E-state index is 0.0826. The van der Waals surface area contributed by atoms with Crippen molar-refractivity contribution in [2.45, 2.75) is 45.2 Å². The topological polar surface area (TPSA) is 52.7 Å². The van der Waals surface area contributed by atoms with Crippen LogP contribution in [0.15, 0.2) is 24.3 Å². The van der Waals surface area contributed by atoms with E-state index in [1.807, 2.05) is 36.2 Å². The van der Waals surface area contributed by atoms with Crippen molar-refractivity contribution in [1.82, 2.24) is 15.1 Å². The van der Waals surface area contributed by atoms with E-state index in [1.54, 1.807) is 7.05 Å². The zero-order valence-electron chi connectivity index (χ0n) is 15.0. The van der Waals surface area contributed by atoms with Crippen LogP contribution in [0.3, 0.4) is 0 Å². The Bertz CT molecular complexity index is 556. The average Bonchev–Trinajstić information content (AvgIpc) is 2.61. The Morgan fingerprint density at radius 1 is 1.25 bits per heavy atom. The zero-order chi connectivity index (χ0) is 17.5. The van der Waals surface area contributed by atoms with Gasteiger partial charge >= 0.3 is 0 Å². The fourth-order valence-corrected chi connectivity index (χ4v) is 3.35. The van der Waals surface area contributed by atoms with Crippen molar-refractivity contribution in [3.63, 3.8) is 0 Å². The molecule has 1 aromatic carbocycles.